The quantitative estimate of drug-likeness (QED) is 0.825. The Bertz CT molecular complexity index is 616. The minimum Gasteiger partial charge on any atom is -0.389 e. The lowest BCUT2D eigenvalue weighted by molar-refractivity contribution is 0.244. The Morgan fingerprint density at radius 3 is 1.52 bits per heavy atom. The third-order valence-electron chi connectivity index (χ3n) is 4.46. The summed E-state index contributed by atoms with van der Waals surface area (Å²) in [5.74, 6) is 0. The fourth-order valence-corrected chi connectivity index (χ4v) is 14.3. The lowest BCUT2D eigenvalue weighted by Gasteiger charge is -2.38. The number of aliphatic hydroxyl groups excluding tert-OH is 1. The highest BCUT2D eigenvalue weighted by Crippen LogP contribution is 2.26. The molecular formula is C20H28OSi2. The van der Waals surface area contributed by atoms with Gasteiger partial charge in [0.25, 0.3) is 0 Å². The molecule has 23 heavy (non-hydrogen) atoms. The van der Waals surface area contributed by atoms with Crippen LogP contribution in [0.3, 0.4) is 0 Å². The first kappa shape index (κ1) is 17.9. The molecule has 0 aliphatic heterocycles. The van der Waals surface area contributed by atoms with Crippen LogP contribution in [-0.4, -0.2) is 27.4 Å². The van der Waals surface area contributed by atoms with E-state index >= 15 is 0 Å². The van der Waals surface area contributed by atoms with Crippen molar-refractivity contribution in [2.75, 3.05) is 0 Å². The molecular weight excluding hydrogens is 312 g/mol. The van der Waals surface area contributed by atoms with E-state index in [9.17, 15) is 5.11 Å². The first-order valence-electron chi connectivity index (χ1n) is 8.28. The normalized spacial score (nSPS) is 14.6. The molecule has 0 fully saturated rings. The van der Waals surface area contributed by atoms with E-state index in [1.807, 2.05) is 6.92 Å². The summed E-state index contributed by atoms with van der Waals surface area (Å²) >= 11 is 0. The van der Waals surface area contributed by atoms with Gasteiger partial charge in [-0.15, -0.1) is 0 Å². The zero-order valence-corrected chi connectivity index (χ0v) is 16.9. The molecule has 1 N–H and O–H groups in total. The van der Waals surface area contributed by atoms with Crippen molar-refractivity contribution in [3.05, 3.63) is 71.6 Å². The largest absolute Gasteiger partial charge is 0.389 e. The SMILES string of the molecule is CC(O)/C=C(/[Si](C)(C)C)[Si](C)(c1ccccc1)c1ccccc1. The molecule has 1 atom stereocenters. The highest BCUT2D eigenvalue weighted by atomic mass is 28.4. The van der Waals surface area contributed by atoms with Crippen molar-refractivity contribution in [2.45, 2.75) is 39.2 Å². The molecule has 1 nitrogen and oxygen atoms in total. The Hall–Kier alpha value is -1.43. The highest BCUT2D eigenvalue weighted by molar-refractivity contribution is 7.17. The van der Waals surface area contributed by atoms with Gasteiger partial charge >= 0.3 is 0 Å². The second kappa shape index (κ2) is 6.99. The Kier molecular flexibility index (Phi) is 5.45. The van der Waals surface area contributed by atoms with Crippen LogP contribution >= 0.6 is 0 Å². The van der Waals surface area contributed by atoms with E-state index in [-0.39, 0.29) is 0 Å². The minimum absolute atomic E-state index is 0.407. The van der Waals surface area contributed by atoms with Gasteiger partial charge in [0.2, 0.25) is 0 Å². The van der Waals surface area contributed by atoms with Gasteiger partial charge in [0, 0.05) is 0 Å². The molecule has 0 heterocycles. The predicted molar refractivity (Wildman–Crippen MR) is 107 cm³/mol. The van der Waals surface area contributed by atoms with E-state index in [1.54, 1.807) is 0 Å². The molecule has 0 saturated heterocycles. The summed E-state index contributed by atoms with van der Waals surface area (Å²) in [6.45, 7) is 11.5. The van der Waals surface area contributed by atoms with Crippen molar-refractivity contribution in [3.63, 3.8) is 0 Å². The van der Waals surface area contributed by atoms with E-state index in [2.05, 4.69) is 92.9 Å². The van der Waals surface area contributed by atoms with Gasteiger partial charge in [0.05, 0.1) is 14.2 Å². The van der Waals surface area contributed by atoms with E-state index in [1.165, 1.54) is 15.2 Å². The first-order chi connectivity index (χ1) is 10.8. The Morgan fingerprint density at radius 2 is 1.22 bits per heavy atom. The molecule has 2 aromatic rings. The van der Waals surface area contributed by atoms with Crippen LogP contribution in [0.2, 0.25) is 26.2 Å². The van der Waals surface area contributed by atoms with Gasteiger partial charge < -0.3 is 5.11 Å². The summed E-state index contributed by atoms with van der Waals surface area (Å²) in [4.78, 5) is 1.51. The van der Waals surface area contributed by atoms with Gasteiger partial charge in [0.1, 0.15) is 8.07 Å². The summed E-state index contributed by atoms with van der Waals surface area (Å²) in [5, 5.41) is 12.9. The molecule has 122 valence electrons. The van der Waals surface area contributed by atoms with E-state index < -0.39 is 22.3 Å². The molecule has 0 aliphatic rings. The van der Waals surface area contributed by atoms with Crippen LogP contribution in [0.5, 0.6) is 0 Å². The number of aliphatic hydroxyl groups is 1. The van der Waals surface area contributed by atoms with Crippen LogP contribution in [-0.2, 0) is 0 Å². The molecule has 0 aromatic heterocycles. The Labute approximate surface area is 142 Å². The van der Waals surface area contributed by atoms with Crippen molar-refractivity contribution in [1.29, 1.82) is 0 Å². The number of hydrogen-bond acceptors (Lipinski definition) is 1. The van der Waals surface area contributed by atoms with Crippen LogP contribution in [0.15, 0.2) is 71.6 Å². The summed E-state index contributed by atoms with van der Waals surface area (Å²) in [5.41, 5.74) is 0. The zero-order chi connectivity index (χ0) is 17.1. The highest BCUT2D eigenvalue weighted by Gasteiger charge is 2.41. The third-order valence-corrected chi connectivity index (χ3v) is 14.2. The second-order valence-electron chi connectivity index (χ2n) is 7.43. The molecule has 0 aliphatic carbocycles. The van der Waals surface area contributed by atoms with E-state index in [4.69, 9.17) is 0 Å². The lowest BCUT2D eigenvalue weighted by atomic mass is 10.4. The van der Waals surface area contributed by atoms with Crippen molar-refractivity contribution in [3.8, 4) is 0 Å². The summed E-state index contributed by atoms with van der Waals surface area (Å²) in [7, 11) is -3.65. The third kappa shape index (κ3) is 3.92. The average Bonchev–Trinajstić information content (AvgIpc) is 2.52. The molecule has 0 bridgehead atoms. The van der Waals surface area contributed by atoms with Gasteiger partial charge in [-0.3, -0.25) is 0 Å². The maximum absolute atomic E-state index is 10.1. The smallest absolute Gasteiger partial charge is 0.137 e. The van der Waals surface area contributed by atoms with Gasteiger partial charge in [-0.25, -0.2) is 0 Å². The van der Waals surface area contributed by atoms with Crippen molar-refractivity contribution < 1.29 is 5.11 Å². The zero-order valence-electron chi connectivity index (χ0n) is 14.9. The molecule has 1 unspecified atom stereocenters. The van der Waals surface area contributed by atoms with Gasteiger partial charge in [0.15, 0.2) is 0 Å². The molecule has 2 rings (SSSR count). The van der Waals surface area contributed by atoms with Gasteiger partial charge in [-0.2, -0.15) is 0 Å². The maximum atomic E-state index is 10.1. The predicted octanol–water partition coefficient (Wildman–Crippen LogP) is 3.60. The van der Waals surface area contributed by atoms with E-state index in [0.717, 1.165) is 0 Å². The fraction of sp³-hybridized carbons (Fsp3) is 0.300. The summed E-state index contributed by atoms with van der Waals surface area (Å²) < 4.78 is 0. The van der Waals surface area contributed by atoms with Crippen molar-refractivity contribution in [1.82, 2.24) is 0 Å². The van der Waals surface area contributed by atoms with Crippen LogP contribution < -0.4 is 10.4 Å². The van der Waals surface area contributed by atoms with Crippen LogP contribution in [0.25, 0.3) is 0 Å². The van der Waals surface area contributed by atoms with Gasteiger partial charge in [-0.1, -0.05) is 108 Å². The first-order valence-corrected chi connectivity index (χ1v) is 14.3. The standard InChI is InChI=1S/C20H28OSi2/c1-17(21)16-20(22(2,3)4)23(5,18-12-8-6-9-13-18)19-14-10-7-11-15-19/h6-17,21H,1-5H3/b20-16-. The lowest BCUT2D eigenvalue weighted by Crippen LogP contribution is -2.62. The summed E-state index contributed by atoms with van der Waals surface area (Å²) in [6, 6.07) is 21.7. The van der Waals surface area contributed by atoms with Crippen LogP contribution in [0.1, 0.15) is 6.92 Å². The maximum Gasteiger partial charge on any atom is 0.137 e. The Morgan fingerprint density at radius 1 is 0.826 bits per heavy atom. The number of rotatable bonds is 5. The average molecular weight is 341 g/mol. The van der Waals surface area contributed by atoms with Gasteiger partial charge in [-0.05, 0) is 6.92 Å². The molecule has 3 heteroatoms. The number of hydrogen-bond donors (Lipinski definition) is 1. The minimum atomic E-state index is -2.07. The fourth-order valence-electron chi connectivity index (χ4n) is 3.43. The van der Waals surface area contributed by atoms with Crippen LogP contribution in [0, 0.1) is 0 Å². The second-order valence-corrected chi connectivity index (χ2v) is 16.9. The van der Waals surface area contributed by atoms with Crippen molar-refractivity contribution >= 4 is 26.5 Å². The van der Waals surface area contributed by atoms with Crippen LogP contribution in [0.4, 0.5) is 0 Å². The molecule has 0 amide bonds. The topological polar surface area (TPSA) is 20.2 Å². The van der Waals surface area contributed by atoms with E-state index in [0.29, 0.717) is 0 Å². The summed E-state index contributed by atoms with van der Waals surface area (Å²) in [6.07, 6.45) is 1.73. The molecule has 0 radical (unpaired) electrons. The van der Waals surface area contributed by atoms with Crippen molar-refractivity contribution in [2.24, 2.45) is 0 Å². The molecule has 2 aromatic carbocycles. The monoisotopic (exact) mass is 340 g/mol. The molecule has 0 saturated carbocycles. The number of benzene rings is 2. The molecule has 0 spiro atoms. The Balaban J connectivity index is 2.77.